The van der Waals surface area contributed by atoms with Gasteiger partial charge in [0.2, 0.25) is 0 Å². The van der Waals surface area contributed by atoms with Gasteiger partial charge in [0.1, 0.15) is 11.5 Å². The minimum atomic E-state index is 0. The smallest absolute Gasteiger partial charge is 0.147 e. The van der Waals surface area contributed by atoms with Crippen LogP contribution in [0.3, 0.4) is 0 Å². The number of hydrogen-bond donors (Lipinski definition) is 0. The molecule has 2 aromatic heterocycles. The summed E-state index contributed by atoms with van der Waals surface area (Å²) in [6, 6.07) is 1.81. The van der Waals surface area contributed by atoms with Crippen LogP contribution in [0.5, 0.6) is 0 Å². The highest BCUT2D eigenvalue weighted by Crippen LogP contribution is 2.12. The van der Waals surface area contributed by atoms with Crippen molar-refractivity contribution in [2.75, 3.05) is 0 Å². The highest BCUT2D eigenvalue weighted by atomic mass is 79.9. The Kier molecular flexibility index (Phi) is 5.87. The van der Waals surface area contributed by atoms with E-state index in [2.05, 4.69) is 35.3 Å². The average Bonchev–Trinajstić information content (AvgIpc) is 2.67. The zero-order valence-electron chi connectivity index (χ0n) is 7.32. The second kappa shape index (κ2) is 6.37. The summed E-state index contributed by atoms with van der Waals surface area (Å²) < 4.78 is 10.2. The van der Waals surface area contributed by atoms with Crippen molar-refractivity contribution in [1.82, 2.24) is 10.3 Å². The van der Waals surface area contributed by atoms with Crippen LogP contribution in [0.4, 0.5) is 0 Å². The normalized spacial score (nSPS) is 8.50. The van der Waals surface area contributed by atoms with E-state index < -0.39 is 0 Å². The summed E-state index contributed by atoms with van der Waals surface area (Å²) in [4.78, 5) is 0. The third-order valence-corrected chi connectivity index (χ3v) is 2.02. The van der Waals surface area contributed by atoms with E-state index in [4.69, 9.17) is 0 Å². The number of rotatable bonds is 0. The van der Waals surface area contributed by atoms with Gasteiger partial charge in [-0.3, -0.25) is 0 Å². The number of aromatic nitrogens is 2. The lowest BCUT2D eigenvalue weighted by Crippen LogP contribution is -1.56. The Labute approximate surface area is 91.4 Å². The Morgan fingerprint density at radius 3 is 2.07 bits per heavy atom. The third kappa shape index (κ3) is 4.23. The van der Waals surface area contributed by atoms with Crippen LogP contribution >= 0.6 is 15.9 Å². The molecule has 0 unspecified atom stereocenters. The van der Waals surface area contributed by atoms with Crippen molar-refractivity contribution < 1.29 is 9.05 Å². The van der Waals surface area contributed by atoms with Gasteiger partial charge in [0.05, 0.1) is 16.9 Å². The van der Waals surface area contributed by atoms with E-state index in [1.54, 1.807) is 18.5 Å². The van der Waals surface area contributed by atoms with Crippen molar-refractivity contribution in [3.05, 3.63) is 34.5 Å². The fraction of sp³-hybridized carbons (Fsp3) is 0.333. The van der Waals surface area contributed by atoms with Crippen molar-refractivity contribution in [1.29, 1.82) is 0 Å². The van der Waals surface area contributed by atoms with E-state index in [0.717, 1.165) is 16.0 Å². The topological polar surface area (TPSA) is 52.1 Å². The number of aryl methyl sites for hydroxylation is 2. The van der Waals surface area contributed by atoms with Crippen LogP contribution in [0.2, 0.25) is 0 Å². The highest BCUT2D eigenvalue weighted by Gasteiger charge is 1.93. The quantitative estimate of drug-likeness (QED) is 0.729. The van der Waals surface area contributed by atoms with Crippen molar-refractivity contribution in [2.24, 2.45) is 0 Å². The first-order valence-electron chi connectivity index (χ1n) is 3.64. The van der Waals surface area contributed by atoms with Crippen LogP contribution in [0.25, 0.3) is 0 Å². The van der Waals surface area contributed by atoms with Gasteiger partial charge < -0.3 is 9.05 Å². The molecule has 5 heteroatoms. The Morgan fingerprint density at radius 1 is 1.21 bits per heavy atom. The molecule has 0 atom stereocenters. The first-order chi connectivity index (χ1) is 6.20. The Bertz CT molecular complexity index is 327. The van der Waals surface area contributed by atoms with E-state index in [1.165, 1.54) is 0 Å². The number of hydrogen-bond acceptors (Lipinski definition) is 4. The van der Waals surface area contributed by atoms with E-state index in [9.17, 15) is 0 Å². The van der Waals surface area contributed by atoms with Gasteiger partial charge in [0, 0.05) is 6.07 Å². The maximum Gasteiger partial charge on any atom is 0.147 e. The predicted molar refractivity (Wildman–Crippen MR) is 56.9 cm³/mol. The molecule has 0 radical (unpaired) electrons. The lowest BCUT2D eigenvalue weighted by Gasteiger charge is -1.73. The fourth-order valence-corrected chi connectivity index (χ4v) is 0.722. The van der Waals surface area contributed by atoms with E-state index in [-0.39, 0.29) is 7.43 Å². The molecule has 2 rings (SSSR count). The number of nitrogens with zero attached hydrogens (tertiary/aromatic N) is 2. The summed E-state index contributed by atoms with van der Waals surface area (Å²) in [7, 11) is 0. The summed E-state index contributed by atoms with van der Waals surface area (Å²) in [5.74, 6) is 1.68. The Balaban J connectivity index is 0.000000227. The fourth-order valence-electron chi connectivity index (χ4n) is 0.566. The molecule has 0 aliphatic carbocycles. The molecule has 0 aromatic carbocycles. The Morgan fingerprint density at radius 2 is 1.93 bits per heavy atom. The third-order valence-electron chi connectivity index (χ3n) is 1.26. The molecule has 2 heterocycles. The van der Waals surface area contributed by atoms with Crippen LogP contribution < -0.4 is 0 Å². The molecule has 0 saturated heterocycles. The largest absolute Gasteiger partial charge is 0.362 e. The zero-order chi connectivity index (χ0) is 9.68. The van der Waals surface area contributed by atoms with E-state index in [1.807, 2.05) is 13.8 Å². The maximum atomic E-state index is 4.67. The van der Waals surface area contributed by atoms with Gasteiger partial charge in [-0.25, -0.2) is 0 Å². The summed E-state index contributed by atoms with van der Waals surface area (Å²) in [5, 5.41) is 6.95. The summed E-state index contributed by atoms with van der Waals surface area (Å²) in [5.41, 5.74) is 0. The number of halogens is 1. The molecule has 0 aliphatic rings. The molecule has 0 fully saturated rings. The lowest BCUT2D eigenvalue weighted by atomic mass is 10.5. The molecule has 78 valence electrons. The summed E-state index contributed by atoms with van der Waals surface area (Å²) >= 11 is 3.21. The van der Waals surface area contributed by atoms with Gasteiger partial charge in [-0.2, -0.15) is 0 Å². The van der Waals surface area contributed by atoms with Crippen LogP contribution in [-0.4, -0.2) is 10.3 Å². The first kappa shape index (κ1) is 12.9. The SMILES string of the molecule is C.Cc1ccno1.Cc1oncc1Br. The monoisotopic (exact) mass is 260 g/mol. The molecule has 14 heavy (non-hydrogen) atoms. The minimum absolute atomic E-state index is 0. The van der Waals surface area contributed by atoms with Crippen molar-refractivity contribution in [3.63, 3.8) is 0 Å². The molecule has 0 aliphatic heterocycles. The van der Waals surface area contributed by atoms with Crippen LogP contribution in [-0.2, 0) is 0 Å². The predicted octanol–water partition coefficient (Wildman–Crippen LogP) is 3.36. The van der Waals surface area contributed by atoms with Gasteiger partial charge in [-0.1, -0.05) is 17.7 Å². The molecule has 0 amide bonds. The van der Waals surface area contributed by atoms with E-state index in [0.29, 0.717) is 0 Å². The maximum absolute atomic E-state index is 4.67. The van der Waals surface area contributed by atoms with Crippen LogP contribution in [0.15, 0.2) is 32.0 Å². The standard InChI is InChI=1S/C4H4BrNO.C4H5NO.CH4/c1-3-4(5)2-6-7-3;1-4-2-3-5-6-4;/h2H,1H3;2-3H,1H3;1H4. The summed E-state index contributed by atoms with van der Waals surface area (Å²) in [6.45, 7) is 3.70. The van der Waals surface area contributed by atoms with Crippen molar-refractivity contribution in [3.8, 4) is 0 Å². The second-order valence-electron chi connectivity index (χ2n) is 2.35. The molecule has 2 aromatic rings. The zero-order valence-corrected chi connectivity index (χ0v) is 8.91. The molecule has 0 bridgehead atoms. The van der Waals surface area contributed by atoms with Crippen molar-refractivity contribution >= 4 is 15.9 Å². The van der Waals surface area contributed by atoms with Crippen LogP contribution in [0, 0.1) is 13.8 Å². The first-order valence-corrected chi connectivity index (χ1v) is 4.43. The van der Waals surface area contributed by atoms with Gasteiger partial charge >= 0.3 is 0 Å². The van der Waals surface area contributed by atoms with E-state index >= 15 is 0 Å². The minimum Gasteiger partial charge on any atom is -0.362 e. The molecular formula is C9H13BrN2O2. The van der Waals surface area contributed by atoms with Gasteiger partial charge in [-0.05, 0) is 29.8 Å². The second-order valence-corrected chi connectivity index (χ2v) is 3.21. The molecule has 4 nitrogen and oxygen atoms in total. The molecule has 0 saturated carbocycles. The molecule has 0 spiro atoms. The molecule has 0 N–H and O–H groups in total. The van der Waals surface area contributed by atoms with Crippen LogP contribution in [0.1, 0.15) is 18.9 Å². The van der Waals surface area contributed by atoms with Gasteiger partial charge in [-0.15, -0.1) is 0 Å². The highest BCUT2D eigenvalue weighted by molar-refractivity contribution is 9.10. The lowest BCUT2D eigenvalue weighted by molar-refractivity contribution is 0.396. The summed E-state index contributed by atoms with van der Waals surface area (Å²) in [6.07, 6.45) is 3.24. The van der Waals surface area contributed by atoms with Gasteiger partial charge in [0.15, 0.2) is 0 Å². The van der Waals surface area contributed by atoms with Crippen molar-refractivity contribution in [2.45, 2.75) is 21.3 Å². The van der Waals surface area contributed by atoms with Gasteiger partial charge in [0.25, 0.3) is 0 Å². The average molecular weight is 261 g/mol. The molecular weight excluding hydrogens is 248 g/mol. The Hall–Kier alpha value is -1.10.